The number of benzene rings is 2. The molecule has 2 atom stereocenters. The molecule has 0 spiro atoms. The molecule has 1 aromatic heterocycles. The summed E-state index contributed by atoms with van der Waals surface area (Å²) in [4.78, 5) is 17.3. The quantitative estimate of drug-likeness (QED) is 0.475. The first kappa shape index (κ1) is 25.3. The van der Waals surface area contributed by atoms with Gasteiger partial charge in [-0.2, -0.15) is 0 Å². The number of anilines is 3. The van der Waals surface area contributed by atoms with Gasteiger partial charge in [0.1, 0.15) is 29.7 Å². The molecule has 7 nitrogen and oxygen atoms in total. The van der Waals surface area contributed by atoms with Crippen LogP contribution in [-0.2, 0) is 4.79 Å². The standard InChI is InChI=1S/C26H26FN3O4.Na/c1-2-10-30(24-9-6-17(27)13-28-24)22-5-3-4-20-21(15-34-26(20)22)29-18-7-8-19-16(11-25(31)32)14-33-23(19)12-18;/h3-9,12-13,16,21,29H,2,10-11,14-15H2,1H3,(H,31,32);/q;+1/p-1/t16-,21-;/m1./s1. The minimum atomic E-state index is -1.08. The van der Waals surface area contributed by atoms with Gasteiger partial charge in [-0.25, -0.2) is 9.37 Å². The number of halogens is 1. The Kier molecular flexibility index (Phi) is 7.84. The largest absolute Gasteiger partial charge is 1.00 e. The van der Waals surface area contributed by atoms with Crippen molar-refractivity contribution in [1.29, 1.82) is 0 Å². The van der Waals surface area contributed by atoms with Crippen LogP contribution in [-0.4, -0.2) is 30.7 Å². The number of fused-ring (bicyclic) bond motifs is 2. The summed E-state index contributed by atoms with van der Waals surface area (Å²) in [6, 6.07) is 14.8. The Balaban J connectivity index is 0.00000289. The summed E-state index contributed by atoms with van der Waals surface area (Å²) >= 11 is 0. The Hall–Kier alpha value is -2.81. The Morgan fingerprint density at radius 1 is 1.17 bits per heavy atom. The third kappa shape index (κ3) is 5.24. The Bertz CT molecular complexity index is 1210. The number of aliphatic carboxylic acids is 1. The molecule has 3 aromatic rings. The van der Waals surface area contributed by atoms with Gasteiger partial charge in [0.25, 0.3) is 0 Å². The zero-order valence-corrected chi connectivity index (χ0v) is 21.8. The van der Waals surface area contributed by atoms with E-state index in [1.165, 1.54) is 12.3 Å². The van der Waals surface area contributed by atoms with E-state index in [-0.39, 0.29) is 53.8 Å². The molecule has 0 saturated heterocycles. The van der Waals surface area contributed by atoms with E-state index in [9.17, 15) is 14.3 Å². The number of hydrogen-bond acceptors (Lipinski definition) is 7. The van der Waals surface area contributed by atoms with Crippen LogP contribution in [0.3, 0.4) is 0 Å². The van der Waals surface area contributed by atoms with Crippen LogP contribution < -0.4 is 54.4 Å². The van der Waals surface area contributed by atoms with Crippen molar-refractivity contribution in [2.75, 3.05) is 30.0 Å². The van der Waals surface area contributed by atoms with Gasteiger partial charge >= 0.3 is 29.6 Å². The van der Waals surface area contributed by atoms with Crippen molar-refractivity contribution >= 4 is 23.2 Å². The van der Waals surface area contributed by atoms with Crippen LogP contribution in [0.15, 0.2) is 54.7 Å². The van der Waals surface area contributed by atoms with Gasteiger partial charge < -0.3 is 29.6 Å². The van der Waals surface area contributed by atoms with E-state index < -0.39 is 5.97 Å². The van der Waals surface area contributed by atoms with Gasteiger partial charge in [0.05, 0.1) is 24.5 Å². The van der Waals surface area contributed by atoms with Gasteiger partial charge in [-0.05, 0) is 37.1 Å². The van der Waals surface area contributed by atoms with Crippen LogP contribution in [0.5, 0.6) is 11.5 Å². The number of pyridine rings is 1. The van der Waals surface area contributed by atoms with Gasteiger partial charge in [0.15, 0.2) is 0 Å². The van der Waals surface area contributed by atoms with E-state index in [0.29, 0.717) is 31.3 Å². The molecular formula is C26H25FN3NaO4. The number of carboxylic acids is 1. The van der Waals surface area contributed by atoms with Crippen LogP contribution in [0, 0.1) is 5.82 Å². The van der Waals surface area contributed by atoms with Crippen LogP contribution >= 0.6 is 0 Å². The van der Waals surface area contributed by atoms with Gasteiger partial charge in [0.2, 0.25) is 0 Å². The maximum Gasteiger partial charge on any atom is 1.00 e. The molecule has 35 heavy (non-hydrogen) atoms. The predicted octanol–water partition coefficient (Wildman–Crippen LogP) is 0.934. The number of carbonyl (C=O) groups excluding carboxylic acids is 1. The summed E-state index contributed by atoms with van der Waals surface area (Å²) in [7, 11) is 0. The number of hydrogen-bond donors (Lipinski definition) is 1. The van der Waals surface area contributed by atoms with E-state index >= 15 is 0 Å². The second kappa shape index (κ2) is 10.8. The molecule has 9 heteroatoms. The van der Waals surface area contributed by atoms with Gasteiger partial charge in [0, 0.05) is 41.3 Å². The van der Waals surface area contributed by atoms with Crippen LogP contribution in [0.4, 0.5) is 21.6 Å². The number of nitrogens with zero attached hydrogens (tertiary/aromatic N) is 2. The average molecular weight is 485 g/mol. The van der Waals surface area contributed by atoms with Crippen molar-refractivity contribution < 1.29 is 53.3 Å². The molecule has 0 radical (unpaired) electrons. The van der Waals surface area contributed by atoms with Crippen molar-refractivity contribution in [1.82, 2.24) is 4.98 Å². The SMILES string of the molecule is CCCN(c1ccc(F)cn1)c1cccc2c1OC[C@H]2Nc1ccc2c(c1)OC[C@H]2CC(=O)[O-].[Na+]. The summed E-state index contributed by atoms with van der Waals surface area (Å²) in [5.74, 6) is 0.511. The molecule has 3 heterocycles. The third-order valence-electron chi connectivity index (χ3n) is 6.17. The van der Waals surface area contributed by atoms with Crippen molar-refractivity contribution in [2.24, 2.45) is 0 Å². The minimum Gasteiger partial charge on any atom is -0.550 e. The molecule has 1 N–H and O–H groups in total. The number of para-hydroxylation sites is 1. The number of nitrogens with one attached hydrogen (secondary N) is 1. The van der Waals surface area contributed by atoms with Crippen molar-refractivity contribution in [2.45, 2.75) is 31.7 Å². The molecule has 2 aliphatic rings. The van der Waals surface area contributed by atoms with Crippen LogP contribution in [0.25, 0.3) is 0 Å². The number of aromatic nitrogens is 1. The van der Waals surface area contributed by atoms with Crippen LogP contribution in [0.2, 0.25) is 0 Å². The van der Waals surface area contributed by atoms with E-state index in [4.69, 9.17) is 9.47 Å². The topological polar surface area (TPSA) is 86.8 Å². The molecule has 176 valence electrons. The zero-order valence-electron chi connectivity index (χ0n) is 19.8. The Morgan fingerprint density at radius 3 is 2.77 bits per heavy atom. The fraction of sp³-hybridized carbons (Fsp3) is 0.308. The van der Waals surface area contributed by atoms with E-state index in [2.05, 4.69) is 17.2 Å². The zero-order chi connectivity index (χ0) is 23.7. The molecule has 0 amide bonds. The monoisotopic (exact) mass is 485 g/mol. The first-order valence-electron chi connectivity index (χ1n) is 11.4. The Morgan fingerprint density at radius 2 is 2.03 bits per heavy atom. The molecule has 0 bridgehead atoms. The van der Waals surface area contributed by atoms with Crippen LogP contribution in [0.1, 0.15) is 42.9 Å². The van der Waals surface area contributed by atoms with Gasteiger partial charge in [-0.15, -0.1) is 0 Å². The normalized spacial score (nSPS) is 17.4. The first-order chi connectivity index (χ1) is 16.5. The third-order valence-corrected chi connectivity index (χ3v) is 6.17. The maximum atomic E-state index is 13.4. The predicted molar refractivity (Wildman–Crippen MR) is 124 cm³/mol. The molecule has 0 fully saturated rings. The fourth-order valence-corrected chi connectivity index (χ4v) is 4.61. The minimum absolute atomic E-state index is 0. The van der Waals surface area contributed by atoms with E-state index in [1.807, 2.05) is 41.3 Å². The summed E-state index contributed by atoms with van der Waals surface area (Å²) in [6.45, 7) is 3.59. The molecular weight excluding hydrogens is 460 g/mol. The van der Waals surface area contributed by atoms with Gasteiger partial charge in [-0.1, -0.05) is 25.1 Å². The molecule has 2 aliphatic heterocycles. The van der Waals surface area contributed by atoms with Gasteiger partial charge in [-0.3, -0.25) is 0 Å². The van der Waals surface area contributed by atoms with E-state index in [1.54, 1.807) is 6.07 Å². The smallest absolute Gasteiger partial charge is 0.550 e. The van der Waals surface area contributed by atoms with Crippen molar-refractivity contribution in [3.05, 3.63) is 71.7 Å². The van der Waals surface area contributed by atoms with Crippen molar-refractivity contribution in [3.8, 4) is 11.5 Å². The number of rotatable bonds is 8. The average Bonchev–Trinajstić information content (AvgIpc) is 3.42. The molecule has 0 saturated carbocycles. The summed E-state index contributed by atoms with van der Waals surface area (Å²) < 4.78 is 25.3. The van der Waals surface area contributed by atoms with E-state index in [0.717, 1.165) is 34.7 Å². The number of carboxylic acid groups (broad SMARTS) is 1. The molecule has 2 aromatic carbocycles. The second-order valence-corrected chi connectivity index (χ2v) is 8.53. The molecule has 0 aliphatic carbocycles. The summed E-state index contributed by atoms with van der Waals surface area (Å²) in [6.07, 6.45) is 2.06. The first-order valence-corrected chi connectivity index (χ1v) is 11.4. The second-order valence-electron chi connectivity index (χ2n) is 8.53. The molecule has 5 rings (SSSR count). The molecule has 0 unspecified atom stereocenters. The summed E-state index contributed by atoms with van der Waals surface area (Å²) in [5, 5.41) is 14.5. The fourth-order valence-electron chi connectivity index (χ4n) is 4.61. The summed E-state index contributed by atoms with van der Waals surface area (Å²) in [5.41, 5.74) is 3.68. The number of ether oxygens (including phenoxy) is 2. The maximum absolute atomic E-state index is 13.4. The number of carbonyl (C=O) groups is 1. The van der Waals surface area contributed by atoms with Crippen molar-refractivity contribution in [3.63, 3.8) is 0 Å². The Labute approximate surface area is 225 Å².